The lowest BCUT2D eigenvalue weighted by molar-refractivity contribution is 0.281. The van der Waals surface area contributed by atoms with Crippen LogP contribution in [-0.4, -0.2) is 28.7 Å². The van der Waals surface area contributed by atoms with Crippen LogP contribution in [0.4, 0.5) is 0 Å². The van der Waals surface area contributed by atoms with Gasteiger partial charge in [-0.2, -0.15) is 5.10 Å². The average molecular weight is 303 g/mol. The summed E-state index contributed by atoms with van der Waals surface area (Å²) in [5.74, 6) is 0.387. The van der Waals surface area contributed by atoms with Crippen molar-refractivity contribution in [3.63, 3.8) is 0 Å². The van der Waals surface area contributed by atoms with Gasteiger partial charge in [0.1, 0.15) is 17.0 Å². The Kier molecular flexibility index (Phi) is 4.15. The molecule has 102 valence electrons. The second-order valence-electron chi connectivity index (χ2n) is 3.68. The Morgan fingerprint density at radius 2 is 2.21 bits per heavy atom. The zero-order valence-electron chi connectivity index (χ0n) is 9.67. The summed E-state index contributed by atoms with van der Waals surface area (Å²) in [6.07, 6.45) is 1.28. The molecule has 0 saturated heterocycles. The molecule has 2 rings (SSSR count). The van der Waals surface area contributed by atoms with Crippen LogP contribution in [-0.2, 0) is 23.2 Å². The fraction of sp³-hybridized carbons (Fsp3) is 0.200. The molecule has 7 nitrogen and oxygen atoms in total. The quantitative estimate of drug-likeness (QED) is 0.742. The lowest BCUT2D eigenvalue weighted by Gasteiger charge is -2.08. The molecule has 0 amide bonds. The molecule has 0 aliphatic heterocycles. The van der Waals surface area contributed by atoms with Crippen LogP contribution in [0.3, 0.4) is 0 Å². The van der Waals surface area contributed by atoms with Gasteiger partial charge in [-0.25, -0.2) is 18.1 Å². The maximum absolute atomic E-state index is 12.1. The van der Waals surface area contributed by atoms with Gasteiger partial charge in [-0.3, -0.25) is 5.10 Å². The number of hydrogen-bond acceptors (Lipinski definition) is 5. The number of sulfonamides is 1. The van der Waals surface area contributed by atoms with E-state index in [4.69, 9.17) is 16.7 Å². The first-order valence-corrected chi connectivity index (χ1v) is 7.12. The van der Waals surface area contributed by atoms with Gasteiger partial charge in [0.15, 0.2) is 0 Å². The highest BCUT2D eigenvalue weighted by Crippen LogP contribution is 2.22. The number of nitrogens with one attached hydrogen (secondary N) is 2. The van der Waals surface area contributed by atoms with Crippen LogP contribution >= 0.6 is 11.6 Å². The van der Waals surface area contributed by atoms with Crippen molar-refractivity contribution >= 4 is 21.6 Å². The number of aromatic amines is 1. The van der Waals surface area contributed by atoms with Gasteiger partial charge in [-0.05, 0) is 17.7 Å². The van der Waals surface area contributed by atoms with Crippen LogP contribution in [0.2, 0.25) is 5.02 Å². The topological polar surface area (TPSA) is 108 Å². The Morgan fingerprint density at radius 3 is 2.84 bits per heavy atom. The second kappa shape index (κ2) is 5.66. The number of aliphatic hydroxyl groups excluding tert-OH is 1. The summed E-state index contributed by atoms with van der Waals surface area (Å²) in [5.41, 5.74) is 0.462. The zero-order valence-corrected chi connectivity index (χ0v) is 11.2. The Bertz CT molecular complexity index is 657. The summed E-state index contributed by atoms with van der Waals surface area (Å²) in [5, 5.41) is 15.3. The molecule has 1 aromatic carbocycles. The molecule has 2 aromatic rings. The van der Waals surface area contributed by atoms with Crippen molar-refractivity contribution in [2.75, 3.05) is 0 Å². The number of nitrogens with zero attached hydrogens (tertiary/aromatic N) is 2. The van der Waals surface area contributed by atoms with Crippen LogP contribution in [0.1, 0.15) is 11.4 Å². The highest BCUT2D eigenvalue weighted by atomic mass is 35.5. The number of rotatable bonds is 5. The van der Waals surface area contributed by atoms with Gasteiger partial charge < -0.3 is 5.11 Å². The SMILES string of the molecule is O=S(=O)(NCc1ncn[nH]1)c1cc(CO)ccc1Cl. The standard InChI is InChI=1S/C10H11ClN4O3S/c11-8-2-1-7(5-16)3-9(8)19(17,18)14-4-10-12-6-13-15-10/h1-3,6,14,16H,4-5H2,(H,12,13,15). The van der Waals surface area contributed by atoms with Crippen molar-refractivity contribution in [3.05, 3.63) is 40.9 Å². The molecule has 0 fully saturated rings. The third-order valence-electron chi connectivity index (χ3n) is 2.36. The van der Waals surface area contributed by atoms with Gasteiger partial charge in [0.05, 0.1) is 18.2 Å². The molecule has 1 aromatic heterocycles. The zero-order chi connectivity index (χ0) is 13.9. The molecule has 0 saturated carbocycles. The van der Waals surface area contributed by atoms with E-state index in [0.29, 0.717) is 11.4 Å². The summed E-state index contributed by atoms with van der Waals surface area (Å²) < 4.78 is 26.5. The van der Waals surface area contributed by atoms with E-state index in [1.165, 1.54) is 18.5 Å². The van der Waals surface area contributed by atoms with E-state index in [1.54, 1.807) is 6.07 Å². The molecule has 0 atom stereocenters. The van der Waals surface area contributed by atoms with E-state index in [-0.39, 0.29) is 23.1 Å². The lowest BCUT2D eigenvalue weighted by Crippen LogP contribution is -2.24. The molecular weight excluding hydrogens is 292 g/mol. The highest BCUT2D eigenvalue weighted by molar-refractivity contribution is 7.89. The summed E-state index contributed by atoms with van der Waals surface area (Å²) in [4.78, 5) is 3.72. The van der Waals surface area contributed by atoms with Crippen molar-refractivity contribution in [3.8, 4) is 0 Å². The van der Waals surface area contributed by atoms with Gasteiger partial charge in [0.25, 0.3) is 0 Å². The van der Waals surface area contributed by atoms with Crippen molar-refractivity contribution in [2.45, 2.75) is 18.0 Å². The normalized spacial score (nSPS) is 11.7. The fourth-order valence-electron chi connectivity index (χ4n) is 1.41. The third-order valence-corrected chi connectivity index (χ3v) is 4.25. The van der Waals surface area contributed by atoms with Gasteiger partial charge in [-0.15, -0.1) is 0 Å². The second-order valence-corrected chi connectivity index (χ2v) is 5.82. The van der Waals surface area contributed by atoms with Gasteiger partial charge >= 0.3 is 0 Å². The molecule has 0 spiro atoms. The largest absolute Gasteiger partial charge is 0.392 e. The minimum atomic E-state index is -3.78. The third kappa shape index (κ3) is 3.29. The Labute approximate surface area is 114 Å². The molecule has 0 bridgehead atoms. The first kappa shape index (κ1) is 13.9. The fourth-order valence-corrected chi connectivity index (χ4v) is 2.94. The molecule has 3 N–H and O–H groups in total. The van der Waals surface area contributed by atoms with Crippen molar-refractivity contribution in [1.29, 1.82) is 0 Å². The number of hydrogen-bond donors (Lipinski definition) is 3. The number of aromatic nitrogens is 3. The minimum absolute atomic E-state index is 0.0258. The van der Waals surface area contributed by atoms with Gasteiger partial charge in [0, 0.05) is 0 Å². The van der Waals surface area contributed by atoms with Crippen LogP contribution in [0, 0.1) is 0 Å². The lowest BCUT2D eigenvalue weighted by atomic mass is 10.2. The van der Waals surface area contributed by atoms with Crippen molar-refractivity contribution in [2.24, 2.45) is 0 Å². The van der Waals surface area contributed by atoms with Crippen LogP contribution in [0.25, 0.3) is 0 Å². The highest BCUT2D eigenvalue weighted by Gasteiger charge is 2.18. The first-order chi connectivity index (χ1) is 9.03. The van der Waals surface area contributed by atoms with Crippen molar-refractivity contribution < 1.29 is 13.5 Å². The maximum Gasteiger partial charge on any atom is 0.242 e. The number of H-pyrrole nitrogens is 1. The molecule has 1 heterocycles. The minimum Gasteiger partial charge on any atom is -0.392 e. The van der Waals surface area contributed by atoms with Crippen LogP contribution < -0.4 is 4.72 Å². The maximum atomic E-state index is 12.1. The van der Waals surface area contributed by atoms with Crippen LogP contribution in [0.5, 0.6) is 0 Å². The summed E-state index contributed by atoms with van der Waals surface area (Å²) >= 11 is 5.86. The summed E-state index contributed by atoms with van der Waals surface area (Å²) in [6, 6.07) is 4.30. The molecule has 9 heteroatoms. The smallest absolute Gasteiger partial charge is 0.242 e. The molecule has 0 aliphatic rings. The Morgan fingerprint density at radius 1 is 1.42 bits per heavy atom. The monoisotopic (exact) mass is 302 g/mol. The van der Waals surface area contributed by atoms with E-state index >= 15 is 0 Å². The Balaban J connectivity index is 2.23. The van der Waals surface area contributed by atoms with E-state index < -0.39 is 10.0 Å². The molecule has 0 radical (unpaired) electrons. The van der Waals surface area contributed by atoms with Gasteiger partial charge in [-0.1, -0.05) is 17.7 Å². The number of benzene rings is 1. The van der Waals surface area contributed by atoms with Crippen molar-refractivity contribution in [1.82, 2.24) is 19.9 Å². The molecule has 0 unspecified atom stereocenters. The predicted octanol–water partition coefficient (Wildman–Crippen LogP) is 0.429. The Hall–Kier alpha value is -1.48. The van der Waals surface area contributed by atoms with E-state index in [0.717, 1.165) is 0 Å². The molecule has 0 aliphatic carbocycles. The molecular formula is C10H11ClN4O3S. The predicted molar refractivity (Wildman–Crippen MR) is 67.8 cm³/mol. The first-order valence-electron chi connectivity index (χ1n) is 5.26. The van der Waals surface area contributed by atoms with E-state index in [2.05, 4.69) is 19.9 Å². The number of halogens is 1. The number of aliphatic hydroxyl groups is 1. The average Bonchev–Trinajstić information content (AvgIpc) is 2.90. The summed E-state index contributed by atoms with van der Waals surface area (Å²) in [7, 11) is -3.78. The van der Waals surface area contributed by atoms with E-state index in [1.807, 2.05) is 0 Å². The summed E-state index contributed by atoms with van der Waals surface area (Å²) in [6.45, 7) is -0.288. The van der Waals surface area contributed by atoms with E-state index in [9.17, 15) is 8.42 Å². The molecule has 19 heavy (non-hydrogen) atoms. The van der Waals surface area contributed by atoms with Gasteiger partial charge in [0.2, 0.25) is 10.0 Å². The van der Waals surface area contributed by atoms with Crippen LogP contribution in [0.15, 0.2) is 29.4 Å².